The smallest absolute Gasteiger partial charge is 0.253 e. The van der Waals surface area contributed by atoms with Crippen LogP contribution in [0.25, 0.3) is 0 Å². The van der Waals surface area contributed by atoms with E-state index in [9.17, 15) is 9.90 Å². The van der Waals surface area contributed by atoms with Crippen LogP contribution in [-0.4, -0.2) is 21.5 Å². The van der Waals surface area contributed by atoms with Crippen molar-refractivity contribution in [2.24, 2.45) is 5.92 Å². The van der Waals surface area contributed by atoms with Gasteiger partial charge in [-0.05, 0) is 38.7 Å². The SMILES string of the molecule is CC(C)(NC(=O)c1cncc(O)c1)C1CC1. The van der Waals surface area contributed by atoms with Crippen LogP contribution in [0.2, 0.25) is 0 Å². The summed E-state index contributed by atoms with van der Waals surface area (Å²) >= 11 is 0. The quantitative estimate of drug-likeness (QED) is 0.815. The maximum Gasteiger partial charge on any atom is 0.253 e. The number of pyridine rings is 1. The highest BCUT2D eigenvalue weighted by Crippen LogP contribution is 2.39. The normalized spacial score (nSPS) is 15.9. The van der Waals surface area contributed by atoms with E-state index >= 15 is 0 Å². The first-order chi connectivity index (χ1) is 7.49. The van der Waals surface area contributed by atoms with Crippen molar-refractivity contribution in [3.05, 3.63) is 24.0 Å². The Labute approximate surface area is 94.7 Å². The van der Waals surface area contributed by atoms with Crippen molar-refractivity contribution in [2.75, 3.05) is 0 Å². The van der Waals surface area contributed by atoms with Gasteiger partial charge in [-0.1, -0.05) is 0 Å². The minimum atomic E-state index is -0.180. The second-order valence-electron chi connectivity index (χ2n) is 4.88. The molecule has 1 aromatic rings. The first-order valence-electron chi connectivity index (χ1n) is 5.45. The Balaban J connectivity index is 2.08. The molecular formula is C12H16N2O2. The highest BCUT2D eigenvalue weighted by atomic mass is 16.3. The Morgan fingerprint density at radius 3 is 2.75 bits per heavy atom. The Morgan fingerprint density at radius 2 is 2.19 bits per heavy atom. The number of carbonyl (C=O) groups excluding carboxylic acids is 1. The van der Waals surface area contributed by atoms with Gasteiger partial charge in [0.25, 0.3) is 5.91 Å². The lowest BCUT2D eigenvalue weighted by atomic mass is 9.98. The molecule has 1 aliphatic carbocycles. The largest absolute Gasteiger partial charge is 0.506 e. The molecule has 0 saturated heterocycles. The van der Waals surface area contributed by atoms with Crippen molar-refractivity contribution in [1.29, 1.82) is 0 Å². The highest BCUT2D eigenvalue weighted by molar-refractivity contribution is 5.94. The fourth-order valence-corrected chi connectivity index (χ4v) is 1.82. The number of hydrogen-bond acceptors (Lipinski definition) is 3. The zero-order valence-electron chi connectivity index (χ0n) is 9.53. The van der Waals surface area contributed by atoms with E-state index in [-0.39, 0.29) is 17.2 Å². The average molecular weight is 220 g/mol. The van der Waals surface area contributed by atoms with Crippen LogP contribution in [0.1, 0.15) is 37.0 Å². The van der Waals surface area contributed by atoms with Crippen molar-refractivity contribution in [2.45, 2.75) is 32.2 Å². The second-order valence-corrected chi connectivity index (χ2v) is 4.88. The molecule has 16 heavy (non-hydrogen) atoms. The van der Waals surface area contributed by atoms with E-state index in [2.05, 4.69) is 10.3 Å². The van der Waals surface area contributed by atoms with Gasteiger partial charge in [-0.25, -0.2) is 0 Å². The van der Waals surface area contributed by atoms with Gasteiger partial charge in [0.15, 0.2) is 0 Å². The number of nitrogens with one attached hydrogen (secondary N) is 1. The lowest BCUT2D eigenvalue weighted by Crippen LogP contribution is -2.45. The zero-order valence-corrected chi connectivity index (χ0v) is 9.53. The predicted molar refractivity (Wildman–Crippen MR) is 60.2 cm³/mol. The number of aromatic hydroxyl groups is 1. The van der Waals surface area contributed by atoms with Crippen LogP contribution in [0, 0.1) is 5.92 Å². The minimum Gasteiger partial charge on any atom is -0.506 e. The van der Waals surface area contributed by atoms with E-state index in [0.29, 0.717) is 11.5 Å². The van der Waals surface area contributed by atoms with Crippen LogP contribution in [0.4, 0.5) is 0 Å². The van der Waals surface area contributed by atoms with E-state index in [0.717, 1.165) is 0 Å². The Morgan fingerprint density at radius 1 is 1.50 bits per heavy atom. The fourth-order valence-electron chi connectivity index (χ4n) is 1.82. The third-order valence-corrected chi connectivity index (χ3v) is 3.02. The molecule has 2 rings (SSSR count). The number of nitrogens with zero attached hydrogens (tertiary/aromatic N) is 1. The van der Waals surface area contributed by atoms with Gasteiger partial charge in [0.1, 0.15) is 5.75 Å². The van der Waals surface area contributed by atoms with Gasteiger partial charge in [0.05, 0.1) is 11.8 Å². The monoisotopic (exact) mass is 220 g/mol. The number of hydrogen-bond donors (Lipinski definition) is 2. The summed E-state index contributed by atoms with van der Waals surface area (Å²) in [5, 5.41) is 12.2. The molecule has 0 spiro atoms. The fraction of sp³-hybridized carbons (Fsp3) is 0.500. The van der Waals surface area contributed by atoms with Crippen LogP contribution < -0.4 is 5.32 Å². The van der Waals surface area contributed by atoms with E-state index in [1.807, 2.05) is 13.8 Å². The van der Waals surface area contributed by atoms with Crippen LogP contribution in [-0.2, 0) is 0 Å². The summed E-state index contributed by atoms with van der Waals surface area (Å²) in [5.41, 5.74) is 0.219. The zero-order chi connectivity index (χ0) is 11.8. The van der Waals surface area contributed by atoms with Crippen LogP contribution >= 0.6 is 0 Å². The third-order valence-electron chi connectivity index (χ3n) is 3.02. The maximum atomic E-state index is 11.9. The Bertz CT molecular complexity index is 411. The molecule has 0 bridgehead atoms. The van der Waals surface area contributed by atoms with E-state index in [1.54, 1.807) is 0 Å². The lowest BCUT2D eigenvalue weighted by Gasteiger charge is -2.26. The molecule has 4 heteroatoms. The minimum absolute atomic E-state index is 0.0110. The first-order valence-corrected chi connectivity index (χ1v) is 5.45. The number of aromatic nitrogens is 1. The molecule has 0 aliphatic heterocycles. The summed E-state index contributed by atoms with van der Waals surface area (Å²) in [6.07, 6.45) is 5.11. The van der Waals surface area contributed by atoms with Crippen molar-refractivity contribution in [1.82, 2.24) is 10.3 Å². The molecule has 1 aromatic heterocycles. The average Bonchev–Trinajstić information content (AvgIpc) is 3.00. The van der Waals surface area contributed by atoms with Gasteiger partial charge < -0.3 is 10.4 Å². The van der Waals surface area contributed by atoms with E-state index < -0.39 is 0 Å². The summed E-state index contributed by atoms with van der Waals surface area (Å²) in [5.74, 6) is 0.402. The molecular weight excluding hydrogens is 204 g/mol. The van der Waals surface area contributed by atoms with Crippen LogP contribution in [0.15, 0.2) is 18.5 Å². The molecule has 0 atom stereocenters. The highest BCUT2D eigenvalue weighted by Gasteiger charge is 2.38. The van der Waals surface area contributed by atoms with Gasteiger partial charge in [0.2, 0.25) is 0 Å². The van der Waals surface area contributed by atoms with Gasteiger partial charge >= 0.3 is 0 Å². The van der Waals surface area contributed by atoms with E-state index in [4.69, 9.17) is 0 Å². The van der Waals surface area contributed by atoms with Crippen molar-refractivity contribution >= 4 is 5.91 Å². The third kappa shape index (κ3) is 2.32. The number of carbonyl (C=O) groups is 1. The summed E-state index contributed by atoms with van der Waals surface area (Å²) < 4.78 is 0. The summed E-state index contributed by atoms with van der Waals surface area (Å²) in [6, 6.07) is 1.42. The second kappa shape index (κ2) is 3.77. The molecule has 1 heterocycles. The van der Waals surface area contributed by atoms with Gasteiger partial charge in [0, 0.05) is 11.7 Å². The molecule has 0 unspecified atom stereocenters. The maximum absolute atomic E-state index is 11.9. The molecule has 0 radical (unpaired) electrons. The molecule has 4 nitrogen and oxygen atoms in total. The van der Waals surface area contributed by atoms with Crippen LogP contribution in [0.3, 0.4) is 0 Å². The van der Waals surface area contributed by atoms with Crippen molar-refractivity contribution in [3.63, 3.8) is 0 Å². The molecule has 86 valence electrons. The summed E-state index contributed by atoms with van der Waals surface area (Å²) in [4.78, 5) is 15.7. The number of rotatable bonds is 3. The predicted octanol–water partition coefficient (Wildman–Crippen LogP) is 1.71. The summed E-state index contributed by atoms with van der Waals surface area (Å²) in [7, 11) is 0. The van der Waals surface area contributed by atoms with Gasteiger partial charge in [-0.15, -0.1) is 0 Å². The number of amides is 1. The molecule has 1 fully saturated rings. The first kappa shape index (κ1) is 10.9. The molecule has 0 aromatic carbocycles. The Kier molecular flexibility index (Phi) is 2.58. The molecule has 1 aliphatic rings. The lowest BCUT2D eigenvalue weighted by molar-refractivity contribution is 0.0902. The van der Waals surface area contributed by atoms with Gasteiger partial charge in [-0.3, -0.25) is 9.78 Å². The van der Waals surface area contributed by atoms with Crippen molar-refractivity contribution in [3.8, 4) is 5.75 Å². The van der Waals surface area contributed by atoms with Gasteiger partial charge in [-0.2, -0.15) is 0 Å². The molecule has 1 saturated carbocycles. The van der Waals surface area contributed by atoms with Crippen molar-refractivity contribution < 1.29 is 9.90 Å². The topological polar surface area (TPSA) is 62.2 Å². The van der Waals surface area contributed by atoms with E-state index in [1.165, 1.54) is 31.3 Å². The van der Waals surface area contributed by atoms with Crippen LogP contribution in [0.5, 0.6) is 5.75 Å². The molecule has 1 amide bonds. The standard InChI is InChI=1S/C12H16N2O2/c1-12(2,9-3-4-9)14-11(16)8-5-10(15)7-13-6-8/h5-7,9,15H,3-4H2,1-2H3,(H,14,16). The Hall–Kier alpha value is -1.58. The summed E-state index contributed by atoms with van der Waals surface area (Å²) in [6.45, 7) is 4.05. The molecule has 2 N–H and O–H groups in total.